The molecule has 0 aliphatic heterocycles. The van der Waals surface area contributed by atoms with Crippen molar-refractivity contribution in [2.75, 3.05) is 0 Å². The van der Waals surface area contributed by atoms with Crippen LogP contribution in [0, 0.1) is 0 Å². The molecule has 0 spiro atoms. The van der Waals surface area contributed by atoms with Crippen LogP contribution in [0.4, 0.5) is 13.2 Å². The smallest absolute Gasteiger partial charge is 0.419 e. The van der Waals surface area contributed by atoms with Gasteiger partial charge >= 0.3 is 6.18 Å². The minimum absolute atomic E-state index is 0. The molecule has 0 aliphatic carbocycles. The van der Waals surface area contributed by atoms with E-state index in [2.05, 4.69) is 15.0 Å². The van der Waals surface area contributed by atoms with Gasteiger partial charge < -0.3 is 8.83 Å². The van der Waals surface area contributed by atoms with Crippen molar-refractivity contribution in [3.8, 4) is 23.2 Å². The molecule has 0 amide bonds. The predicted molar refractivity (Wildman–Crippen MR) is 98.4 cm³/mol. The number of nitrogens with zero attached hydrogens (tertiary/aromatic N) is 3. The Kier molecular flexibility index (Phi) is 7.09. The minimum atomic E-state index is -4.83. The summed E-state index contributed by atoms with van der Waals surface area (Å²) in [5.41, 5.74) is -0.717. The van der Waals surface area contributed by atoms with Crippen molar-refractivity contribution in [3.63, 3.8) is 0 Å². The third kappa shape index (κ3) is 4.63. The fourth-order valence-corrected chi connectivity index (χ4v) is 3.09. The Labute approximate surface area is 185 Å². The van der Waals surface area contributed by atoms with Gasteiger partial charge in [-0.05, 0) is 11.8 Å². The number of rotatable bonds is 4. The van der Waals surface area contributed by atoms with Gasteiger partial charge in [0.15, 0.2) is 0 Å². The summed E-state index contributed by atoms with van der Waals surface area (Å²) in [6, 6.07) is 0. The van der Waals surface area contributed by atoms with Crippen LogP contribution in [0.2, 0.25) is 10.0 Å². The molecule has 0 saturated carbocycles. The van der Waals surface area contributed by atoms with E-state index in [4.69, 9.17) is 32.0 Å². The Morgan fingerprint density at radius 2 is 1.17 bits per heavy atom. The van der Waals surface area contributed by atoms with Crippen LogP contribution < -0.4 is 0 Å². The zero-order valence-electron chi connectivity index (χ0n) is 15.7. The number of alkyl halides is 3. The van der Waals surface area contributed by atoms with Crippen molar-refractivity contribution < 1.29 is 38.8 Å². The van der Waals surface area contributed by atoms with Crippen molar-refractivity contribution in [1.29, 1.82) is 0 Å². The van der Waals surface area contributed by atoms with Crippen molar-refractivity contribution in [2.24, 2.45) is 0 Å². The second-order valence-corrected chi connectivity index (χ2v) is 7.53. The van der Waals surface area contributed by atoms with Crippen molar-refractivity contribution in [2.45, 2.75) is 45.7 Å². The second-order valence-electron chi connectivity index (χ2n) is 6.77. The first kappa shape index (κ1) is 23.7. The van der Waals surface area contributed by atoms with E-state index in [0.717, 1.165) is 0 Å². The molecule has 0 fully saturated rings. The van der Waals surface area contributed by atoms with E-state index in [9.17, 15) is 13.2 Å². The van der Waals surface area contributed by atoms with Crippen LogP contribution in [0.15, 0.2) is 21.4 Å². The van der Waals surface area contributed by atoms with E-state index < -0.39 is 21.8 Å². The quantitative estimate of drug-likeness (QED) is 0.393. The average molecular weight is 493 g/mol. The van der Waals surface area contributed by atoms with E-state index in [1.165, 1.54) is 12.5 Å². The van der Waals surface area contributed by atoms with Crippen LogP contribution in [0.1, 0.15) is 56.5 Å². The summed E-state index contributed by atoms with van der Waals surface area (Å²) in [6.45, 7) is 7.47. The van der Waals surface area contributed by atoms with Gasteiger partial charge in [0.25, 0.3) is 0 Å². The van der Waals surface area contributed by atoms with E-state index in [0.29, 0.717) is 11.4 Å². The summed E-state index contributed by atoms with van der Waals surface area (Å²) in [6.07, 6.45) is -2.13. The molecule has 0 unspecified atom stereocenters. The Bertz CT molecular complexity index is 946. The molecular formula is C18H16Cl2CoF3N3O2. The summed E-state index contributed by atoms with van der Waals surface area (Å²) in [5.74, 6) is -0.281. The molecule has 159 valence electrons. The fraction of sp³-hybridized carbons (Fsp3) is 0.389. The molecule has 29 heavy (non-hydrogen) atoms. The summed E-state index contributed by atoms with van der Waals surface area (Å²) < 4.78 is 51.6. The van der Waals surface area contributed by atoms with Gasteiger partial charge in [-0.15, -0.1) is 0 Å². The van der Waals surface area contributed by atoms with E-state index >= 15 is 0 Å². The average Bonchev–Trinajstić information content (AvgIpc) is 3.23. The molecule has 5 nitrogen and oxygen atoms in total. The molecule has 0 saturated heterocycles. The second kappa shape index (κ2) is 8.67. The number of halogens is 5. The number of pyridine rings is 1. The van der Waals surface area contributed by atoms with Crippen molar-refractivity contribution in [1.82, 2.24) is 15.0 Å². The van der Waals surface area contributed by atoms with Gasteiger partial charge in [0.1, 0.15) is 23.9 Å². The SMILES string of the molecule is CC(C)c1coc(-c2nc(-c3nc(C(C)C)co3)c(Cl)c(C(F)(F)F)c2Cl)n1.[Co]. The Balaban J connectivity index is 0.00000300. The Hall–Kier alpha value is -1.55. The molecule has 1 radical (unpaired) electrons. The molecule has 0 N–H and O–H groups in total. The Morgan fingerprint density at radius 3 is 1.45 bits per heavy atom. The standard InChI is InChI=1S/C18H16Cl2F3N3O2.Co/c1-7(2)9-5-27-16(24-9)14-12(19)11(18(21,22)23)13(20)15(26-14)17-25-10(6-28-17)8(3)4;/h5-8H,1-4H3;. The monoisotopic (exact) mass is 492 g/mol. The van der Waals surface area contributed by atoms with Crippen LogP contribution >= 0.6 is 23.2 Å². The maximum Gasteiger partial charge on any atom is 0.419 e. The molecule has 0 aliphatic rings. The molecular weight excluding hydrogens is 477 g/mol. The topological polar surface area (TPSA) is 65.0 Å². The van der Waals surface area contributed by atoms with Crippen LogP contribution in [0.3, 0.4) is 0 Å². The van der Waals surface area contributed by atoms with Crippen LogP contribution in [0.5, 0.6) is 0 Å². The third-order valence-corrected chi connectivity index (χ3v) is 4.73. The summed E-state index contributed by atoms with van der Waals surface area (Å²) in [5, 5.41) is -1.40. The number of aromatic nitrogens is 3. The predicted octanol–water partition coefficient (Wildman–Crippen LogP) is 6.96. The van der Waals surface area contributed by atoms with Gasteiger partial charge in [-0.25, -0.2) is 15.0 Å². The van der Waals surface area contributed by atoms with Gasteiger partial charge in [-0.1, -0.05) is 50.9 Å². The molecule has 3 aromatic rings. The molecule has 3 heterocycles. The van der Waals surface area contributed by atoms with Crippen LogP contribution in [-0.2, 0) is 23.0 Å². The number of oxazole rings is 2. The number of hydrogen-bond acceptors (Lipinski definition) is 5. The zero-order chi connectivity index (χ0) is 20.8. The van der Waals surface area contributed by atoms with E-state index in [1.807, 2.05) is 27.7 Å². The fourth-order valence-electron chi connectivity index (χ4n) is 2.40. The van der Waals surface area contributed by atoms with Crippen LogP contribution in [0.25, 0.3) is 23.2 Å². The summed E-state index contributed by atoms with van der Waals surface area (Å²) in [4.78, 5) is 12.5. The molecule has 0 bridgehead atoms. The van der Waals surface area contributed by atoms with Crippen molar-refractivity contribution in [3.05, 3.63) is 39.5 Å². The van der Waals surface area contributed by atoms with Gasteiger partial charge in [0.05, 0.1) is 27.0 Å². The molecule has 11 heteroatoms. The molecule has 0 atom stereocenters. The maximum absolute atomic E-state index is 13.7. The minimum Gasteiger partial charge on any atom is -0.443 e. The normalized spacial score (nSPS) is 12.0. The van der Waals surface area contributed by atoms with Gasteiger partial charge in [0.2, 0.25) is 11.8 Å². The van der Waals surface area contributed by atoms with E-state index in [1.54, 1.807) is 0 Å². The summed E-state index contributed by atoms with van der Waals surface area (Å²) >= 11 is 12.0. The first-order valence-corrected chi connectivity index (χ1v) is 9.14. The van der Waals surface area contributed by atoms with Gasteiger partial charge in [0, 0.05) is 16.8 Å². The third-order valence-electron chi connectivity index (χ3n) is 3.99. The van der Waals surface area contributed by atoms with Crippen molar-refractivity contribution >= 4 is 23.2 Å². The van der Waals surface area contributed by atoms with Gasteiger partial charge in [-0.3, -0.25) is 0 Å². The first-order valence-electron chi connectivity index (χ1n) is 8.38. The molecule has 0 aromatic carbocycles. The van der Waals surface area contributed by atoms with Crippen LogP contribution in [-0.4, -0.2) is 15.0 Å². The number of hydrogen-bond donors (Lipinski definition) is 0. The molecule has 3 rings (SSSR count). The maximum atomic E-state index is 13.7. The van der Waals surface area contributed by atoms with Gasteiger partial charge in [-0.2, -0.15) is 13.2 Å². The largest absolute Gasteiger partial charge is 0.443 e. The Morgan fingerprint density at radius 1 is 0.793 bits per heavy atom. The summed E-state index contributed by atoms with van der Waals surface area (Å²) in [7, 11) is 0. The first-order chi connectivity index (χ1) is 13.0. The zero-order valence-corrected chi connectivity index (χ0v) is 18.2. The van der Waals surface area contributed by atoms with E-state index in [-0.39, 0.29) is 51.8 Å². The molecule has 3 aromatic heterocycles.